The summed E-state index contributed by atoms with van der Waals surface area (Å²) < 4.78 is 11.5. The minimum atomic E-state index is -1.96. The molecule has 0 spiro atoms. The van der Waals surface area contributed by atoms with Crippen LogP contribution in [0.15, 0.2) is 42.5 Å². The van der Waals surface area contributed by atoms with Crippen LogP contribution in [0, 0.1) is 29.6 Å². The van der Waals surface area contributed by atoms with Crippen LogP contribution < -0.4 is 37.2 Å². The molecule has 1 aromatic carbocycles. The lowest BCUT2D eigenvalue weighted by atomic mass is 9.89. The zero-order valence-corrected chi connectivity index (χ0v) is 64.9. The van der Waals surface area contributed by atoms with Crippen LogP contribution in [0.2, 0.25) is 0 Å². The van der Waals surface area contributed by atoms with Crippen LogP contribution in [0.25, 0.3) is 0 Å². The van der Waals surface area contributed by atoms with Gasteiger partial charge in [-0.25, -0.2) is 0 Å². The lowest BCUT2D eigenvalue weighted by Gasteiger charge is -2.41. The molecule has 0 aromatic heterocycles. The molecule has 2 aliphatic heterocycles. The van der Waals surface area contributed by atoms with Crippen molar-refractivity contribution in [2.24, 2.45) is 29.6 Å². The molecule has 3 rings (SSSR count). The lowest BCUT2D eigenvalue weighted by molar-refractivity contribution is -0.148. The van der Waals surface area contributed by atoms with Crippen molar-refractivity contribution in [2.75, 3.05) is 67.0 Å². The molecule has 2 aliphatic rings. The number of likely N-dealkylation sites (tertiary alicyclic amines) is 1. The van der Waals surface area contributed by atoms with E-state index < -0.39 is 169 Å². The number of carbonyl (C=O) groups is 11. The van der Waals surface area contributed by atoms with Gasteiger partial charge in [0.2, 0.25) is 53.2 Å². The number of likely N-dealkylation sites (N-methyl/N-ethyl adjacent to an activating group) is 2. The molecule has 17 atom stereocenters. The van der Waals surface area contributed by atoms with E-state index in [2.05, 4.69) is 37.2 Å². The number of imide groups is 1. The summed E-state index contributed by atoms with van der Waals surface area (Å²) in [5, 5.41) is 79.3. The number of nitrogens with zero attached hydrogens (tertiary/aromatic N) is 4. The highest BCUT2D eigenvalue weighted by Gasteiger charge is 2.45. The molecule has 0 aliphatic carbocycles. The molecule has 1 fully saturated rings. The summed E-state index contributed by atoms with van der Waals surface area (Å²) in [6.45, 7) is 23.0. The Morgan fingerprint density at radius 2 is 1.29 bits per heavy atom. The molecule has 30 nitrogen and oxygen atoms in total. The van der Waals surface area contributed by atoms with Gasteiger partial charge in [-0.05, 0) is 96.1 Å². The number of aliphatic hydroxyl groups excluding tert-OH is 6. The maximum atomic E-state index is 14.9. The number of rotatable bonds is 47. The minimum Gasteiger partial charge on any atom is -0.394 e. The number of unbranched alkanes of at least 4 members (excludes halogenated alkanes) is 2. The highest BCUT2D eigenvalue weighted by molar-refractivity contribution is 8.00. The number of aliphatic hydroxyl groups is 6. The molecule has 104 heavy (non-hydrogen) atoms. The fraction of sp³-hybridized carbons (Fsp3) is 0.740. The van der Waals surface area contributed by atoms with Crippen molar-refractivity contribution in [3.8, 4) is 0 Å². The van der Waals surface area contributed by atoms with E-state index in [-0.39, 0.29) is 73.1 Å². The Labute approximate surface area is 618 Å². The highest BCUT2D eigenvalue weighted by Crippen LogP contribution is 2.31. The normalized spacial score (nSPS) is 18.8. The van der Waals surface area contributed by atoms with Crippen molar-refractivity contribution in [3.63, 3.8) is 0 Å². The largest absolute Gasteiger partial charge is 0.394 e. The summed E-state index contributed by atoms with van der Waals surface area (Å²) in [6.07, 6.45) is -5.37. The van der Waals surface area contributed by atoms with Crippen LogP contribution in [-0.2, 0) is 62.2 Å². The standard InChI is InChI=1S/C73H123N11O19S/c1-18-44(8)62(53(102-16)36-58(92)83-35-25-28-50(83)66(103-17)45(9)67(96)76-46(10)63(93)48-26-21-19-22-27-48)82(15)72(101)60(42(4)5)80-71(100)61(43(6)7)81(14)39-73(12,13)104-40-75-68(97)47(11)77-70(99)59(41(2)3)79-69(98)49(30-31-54(88)74-37-51(86)64(94)65(95)52(87)38-85)78-55(89)29-23-20-24-34-84-56(90)32-33-57(84)91/h19,21-22,26-27,32-33,41-47,49-53,59-66,85-87,93-95H,18,20,23-25,28-31,34-40H2,1-17H3,(H,74,88)(H,75,97)(H,76,96)(H,77,99)(H,78,89)(H,79,98)(H,80,100)/t44-,45+,46+,47-,49-,50-,51-,52+,53+,59-,60-,61-,62-,63+,64+,65+,66+/m0/s1. The van der Waals surface area contributed by atoms with E-state index >= 15 is 0 Å². The van der Waals surface area contributed by atoms with Gasteiger partial charge in [0.05, 0.1) is 73.4 Å². The Balaban J connectivity index is 1.66. The van der Waals surface area contributed by atoms with Gasteiger partial charge in [-0.3, -0.25) is 62.5 Å². The van der Waals surface area contributed by atoms with Crippen molar-refractivity contribution in [3.05, 3.63) is 48.0 Å². The summed E-state index contributed by atoms with van der Waals surface area (Å²) in [4.78, 5) is 156. The molecule has 11 amide bonds. The number of hydrogen-bond acceptors (Lipinski definition) is 21. The molecule has 2 heterocycles. The summed E-state index contributed by atoms with van der Waals surface area (Å²) in [6, 6.07) is 1.93. The molecular weight excluding hydrogens is 1370 g/mol. The molecule has 13 N–H and O–H groups in total. The molecule has 31 heteroatoms. The van der Waals surface area contributed by atoms with E-state index in [1.54, 1.807) is 56.7 Å². The van der Waals surface area contributed by atoms with E-state index in [0.29, 0.717) is 57.2 Å². The first-order valence-corrected chi connectivity index (χ1v) is 37.4. The van der Waals surface area contributed by atoms with Crippen molar-refractivity contribution >= 4 is 76.7 Å². The summed E-state index contributed by atoms with van der Waals surface area (Å²) >= 11 is 1.38. The van der Waals surface area contributed by atoms with E-state index in [4.69, 9.17) is 14.6 Å². The van der Waals surface area contributed by atoms with Crippen molar-refractivity contribution in [2.45, 2.75) is 250 Å². The van der Waals surface area contributed by atoms with Gasteiger partial charge in [0.15, 0.2) is 0 Å². The number of ether oxygens (including phenoxy) is 2. The number of carbonyl (C=O) groups excluding carboxylic acids is 11. The van der Waals surface area contributed by atoms with Gasteiger partial charge in [0.25, 0.3) is 11.8 Å². The maximum Gasteiger partial charge on any atom is 0.253 e. The highest BCUT2D eigenvalue weighted by atomic mass is 32.2. The molecule has 1 saturated heterocycles. The third kappa shape index (κ3) is 27.9. The zero-order valence-electron chi connectivity index (χ0n) is 64.1. The van der Waals surface area contributed by atoms with Crippen molar-refractivity contribution < 1.29 is 92.9 Å². The second-order valence-electron chi connectivity index (χ2n) is 29.4. The first kappa shape index (κ1) is 91.5. The molecule has 1 aromatic rings. The number of hydrogen-bond donors (Lipinski definition) is 13. The van der Waals surface area contributed by atoms with Gasteiger partial charge in [-0.15, -0.1) is 11.8 Å². The topological polar surface area (TPSA) is 425 Å². The van der Waals surface area contributed by atoms with E-state index in [0.717, 1.165) is 4.90 Å². The second kappa shape index (κ2) is 44.4. The van der Waals surface area contributed by atoms with Crippen LogP contribution >= 0.6 is 11.8 Å². The number of thioether (sulfide) groups is 1. The maximum absolute atomic E-state index is 14.9. The van der Waals surface area contributed by atoms with Crippen LogP contribution in [0.3, 0.4) is 0 Å². The Kier molecular flexibility index (Phi) is 39.1. The first-order valence-electron chi connectivity index (χ1n) is 36.4. The van der Waals surface area contributed by atoms with E-state index in [1.165, 1.54) is 45.1 Å². The van der Waals surface area contributed by atoms with Gasteiger partial charge >= 0.3 is 0 Å². The van der Waals surface area contributed by atoms with Crippen LogP contribution in [0.4, 0.5) is 0 Å². The smallest absolute Gasteiger partial charge is 0.253 e. The average Bonchev–Trinajstić information content (AvgIpc) is 1.40. The second-order valence-corrected chi connectivity index (χ2v) is 31.0. The third-order valence-corrected chi connectivity index (χ3v) is 20.7. The van der Waals surface area contributed by atoms with Gasteiger partial charge < -0.3 is 87.1 Å². The zero-order chi connectivity index (χ0) is 78.6. The fourth-order valence-corrected chi connectivity index (χ4v) is 14.1. The van der Waals surface area contributed by atoms with E-state index in [9.17, 15) is 78.3 Å². The molecule has 0 saturated carbocycles. The Bertz CT molecular complexity index is 2970. The quantitative estimate of drug-likeness (QED) is 0.0244. The molecule has 0 unspecified atom stereocenters. The predicted octanol–water partition coefficient (Wildman–Crippen LogP) is 0.776. The van der Waals surface area contributed by atoms with Gasteiger partial charge in [0.1, 0.15) is 42.5 Å². The SMILES string of the molecule is CC[C@H](C)[C@@H]([C@@H](CC(=O)N1CCC[C@H]1[C@H](OC)[C@@H](C)C(=O)N[C@H](C)[C@@H](O)c1ccccc1)OC)N(C)C(=O)[C@@H](NC(=O)[C@H](C(C)C)N(C)CC(C)(C)SCNC(=O)[C@H](C)NC(=O)[C@@H](NC(=O)[C@H](CCC(=O)NC[C@H](O)[C@@H](O)[C@H](O)[C@H](O)CO)NC(=O)CCCCCN1C(=O)C=CC1=O)C(C)C)C(C)C. The van der Waals surface area contributed by atoms with E-state index in [1.807, 2.05) is 85.5 Å². The fourth-order valence-electron chi connectivity index (χ4n) is 13.2. The number of methoxy groups -OCH3 is 2. The number of amides is 11. The monoisotopic (exact) mass is 1490 g/mol. The third-order valence-electron chi connectivity index (χ3n) is 19.5. The first-order chi connectivity index (χ1) is 48.8. The predicted molar refractivity (Wildman–Crippen MR) is 392 cm³/mol. The Hall–Kier alpha value is -6.68. The van der Waals surface area contributed by atoms with Gasteiger partial charge in [-0.2, -0.15) is 0 Å². The van der Waals surface area contributed by atoms with Crippen molar-refractivity contribution in [1.82, 2.24) is 56.8 Å². The average molecular weight is 1490 g/mol. The minimum absolute atomic E-state index is 0.0775. The molecule has 0 radical (unpaired) electrons. The van der Waals surface area contributed by atoms with Crippen LogP contribution in [0.5, 0.6) is 0 Å². The molecule has 0 bridgehead atoms. The van der Waals surface area contributed by atoms with Gasteiger partial charge in [0, 0.05) is 77.2 Å². The Morgan fingerprint density at radius 3 is 1.86 bits per heavy atom. The molecule has 590 valence electrons. The van der Waals surface area contributed by atoms with Crippen LogP contribution in [0.1, 0.15) is 166 Å². The number of nitrogens with one attached hydrogen (secondary N) is 7. The van der Waals surface area contributed by atoms with Crippen molar-refractivity contribution in [1.29, 1.82) is 0 Å². The summed E-state index contributed by atoms with van der Waals surface area (Å²) in [5.74, 6) is -7.59. The Morgan fingerprint density at radius 1 is 0.683 bits per heavy atom. The van der Waals surface area contributed by atoms with Gasteiger partial charge in [-0.1, -0.05) is 105 Å². The molecular formula is C73H123N11O19S. The number of benzene rings is 1. The van der Waals surface area contributed by atoms with Crippen LogP contribution in [-0.4, -0.2) is 272 Å². The summed E-state index contributed by atoms with van der Waals surface area (Å²) in [5.41, 5.74) is 0.665. The summed E-state index contributed by atoms with van der Waals surface area (Å²) in [7, 11) is 6.51. The lowest BCUT2D eigenvalue weighted by Crippen LogP contribution is -2.60.